The van der Waals surface area contributed by atoms with E-state index in [9.17, 15) is 9.59 Å². The molecule has 0 bridgehead atoms. The fraction of sp³-hybridized carbons (Fsp3) is 0.261. The third-order valence-corrected chi connectivity index (χ3v) is 5.38. The Labute approximate surface area is 181 Å². The van der Waals surface area contributed by atoms with Crippen LogP contribution in [0.25, 0.3) is 5.69 Å². The number of nitrogens with one attached hydrogen (secondary N) is 1. The summed E-state index contributed by atoms with van der Waals surface area (Å²) in [4.78, 5) is 26.2. The number of rotatable bonds is 6. The fourth-order valence-electron chi connectivity index (χ4n) is 3.32. The molecular weight excluding hydrogens is 400 g/mol. The standard InChI is InChI=1S/C23H25ClN4O2/c1-15-21(16(2)28(26-15)20-11-9-19(24)10-12-20)13-22(29)27(4)14-17-5-7-18(8-6-17)23(30)25-3/h5-12H,13-14H2,1-4H3,(H,25,30). The van der Waals surface area contributed by atoms with Gasteiger partial charge in [0, 0.05) is 42.5 Å². The van der Waals surface area contributed by atoms with Crippen molar-refractivity contribution >= 4 is 23.4 Å². The zero-order chi connectivity index (χ0) is 21.8. The van der Waals surface area contributed by atoms with E-state index in [4.69, 9.17) is 11.6 Å². The molecular formula is C23H25ClN4O2. The lowest BCUT2D eigenvalue weighted by Crippen LogP contribution is -2.28. The number of benzene rings is 2. The van der Waals surface area contributed by atoms with Crippen LogP contribution in [0.2, 0.25) is 5.02 Å². The van der Waals surface area contributed by atoms with Crippen LogP contribution in [0.15, 0.2) is 48.5 Å². The van der Waals surface area contributed by atoms with Crippen molar-refractivity contribution in [3.05, 3.63) is 81.6 Å². The van der Waals surface area contributed by atoms with Crippen LogP contribution in [-0.4, -0.2) is 40.6 Å². The Morgan fingerprint density at radius 3 is 2.30 bits per heavy atom. The van der Waals surface area contributed by atoms with Gasteiger partial charge in [0.05, 0.1) is 17.8 Å². The number of hydrogen-bond acceptors (Lipinski definition) is 3. The third-order valence-electron chi connectivity index (χ3n) is 5.13. The first kappa shape index (κ1) is 21.6. The lowest BCUT2D eigenvalue weighted by Gasteiger charge is -2.18. The zero-order valence-corrected chi connectivity index (χ0v) is 18.3. The summed E-state index contributed by atoms with van der Waals surface area (Å²) in [5.41, 5.74) is 5.16. The fourth-order valence-corrected chi connectivity index (χ4v) is 3.44. The van der Waals surface area contributed by atoms with Gasteiger partial charge in [0.2, 0.25) is 5.91 Å². The summed E-state index contributed by atoms with van der Waals surface area (Å²) in [7, 11) is 3.38. The van der Waals surface area contributed by atoms with Crippen LogP contribution >= 0.6 is 11.6 Å². The number of halogens is 1. The van der Waals surface area contributed by atoms with E-state index in [1.165, 1.54) is 0 Å². The number of aryl methyl sites for hydroxylation is 1. The van der Waals surface area contributed by atoms with Crippen molar-refractivity contribution in [2.45, 2.75) is 26.8 Å². The average molecular weight is 425 g/mol. The molecule has 0 unspecified atom stereocenters. The van der Waals surface area contributed by atoms with E-state index >= 15 is 0 Å². The largest absolute Gasteiger partial charge is 0.355 e. The van der Waals surface area contributed by atoms with E-state index in [1.807, 2.05) is 54.9 Å². The molecule has 0 aliphatic carbocycles. The molecule has 0 aliphatic heterocycles. The highest BCUT2D eigenvalue weighted by atomic mass is 35.5. The molecule has 0 saturated carbocycles. The molecule has 6 nitrogen and oxygen atoms in total. The topological polar surface area (TPSA) is 67.2 Å². The summed E-state index contributed by atoms with van der Waals surface area (Å²) in [6, 6.07) is 14.7. The summed E-state index contributed by atoms with van der Waals surface area (Å²) in [6.45, 7) is 4.35. The zero-order valence-electron chi connectivity index (χ0n) is 17.6. The number of carbonyl (C=O) groups excluding carboxylic acids is 2. The first-order valence-corrected chi connectivity index (χ1v) is 10.0. The van der Waals surface area contributed by atoms with Crippen LogP contribution in [0.4, 0.5) is 0 Å². The molecule has 1 heterocycles. The minimum atomic E-state index is -0.130. The molecule has 0 radical (unpaired) electrons. The molecule has 3 aromatic rings. The number of likely N-dealkylation sites (N-methyl/N-ethyl adjacent to an activating group) is 1. The molecule has 0 saturated heterocycles. The lowest BCUT2D eigenvalue weighted by atomic mass is 10.1. The van der Waals surface area contributed by atoms with Gasteiger partial charge in [-0.3, -0.25) is 9.59 Å². The van der Waals surface area contributed by atoms with Crippen LogP contribution in [0.1, 0.15) is 32.9 Å². The summed E-state index contributed by atoms with van der Waals surface area (Å²) in [6.07, 6.45) is 0.276. The van der Waals surface area contributed by atoms with Gasteiger partial charge in [-0.25, -0.2) is 4.68 Å². The van der Waals surface area contributed by atoms with Gasteiger partial charge in [-0.2, -0.15) is 5.10 Å². The number of amides is 2. The van der Waals surface area contributed by atoms with Gasteiger partial charge in [-0.05, 0) is 55.8 Å². The second kappa shape index (κ2) is 9.13. The molecule has 30 heavy (non-hydrogen) atoms. The second-order valence-electron chi connectivity index (χ2n) is 7.24. The van der Waals surface area contributed by atoms with Crippen molar-refractivity contribution in [2.75, 3.05) is 14.1 Å². The van der Waals surface area contributed by atoms with Crippen molar-refractivity contribution < 1.29 is 9.59 Å². The van der Waals surface area contributed by atoms with Crippen LogP contribution in [0.3, 0.4) is 0 Å². The molecule has 0 fully saturated rings. The number of carbonyl (C=O) groups is 2. The van der Waals surface area contributed by atoms with Gasteiger partial charge >= 0.3 is 0 Å². The number of nitrogens with zero attached hydrogens (tertiary/aromatic N) is 3. The van der Waals surface area contributed by atoms with Crippen molar-refractivity contribution in [1.29, 1.82) is 0 Å². The lowest BCUT2D eigenvalue weighted by molar-refractivity contribution is -0.129. The summed E-state index contributed by atoms with van der Waals surface area (Å²) in [5.74, 6) is -0.123. The normalized spacial score (nSPS) is 10.7. The van der Waals surface area contributed by atoms with E-state index in [2.05, 4.69) is 10.4 Å². The molecule has 0 aliphatic rings. The Bertz CT molecular complexity index is 1060. The maximum Gasteiger partial charge on any atom is 0.251 e. The molecule has 0 spiro atoms. The van der Waals surface area contributed by atoms with Gasteiger partial charge in [-0.1, -0.05) is 23.7 Å². The van der Waals surface area contributed by atoms with Crippen molar-refractivity contribution in [3.8, 4) is 5.69 Å². The van der Waals surface area contributed by atoms with E-state index in [0.29, 0.717) is 17.1 Å². The van der Waals surface area contributed by atoms with Crippen molar-refractivity contribution in [1.82, 2.24) is 20.0 Å². The first-order chi connectivity index (χ1) is 14.3. The molecule has 156 valence electrons. The molecule has 7 heteroatoms. The highest BCUT2D eigenvalue weighted by Gasteiger charge is 2.18. The Morgan fingerprint density at radius 1 is 1.07 bits per heavy atom. The highest BCUT2D eigenvalue weighted by molar-refractivity contribution is 6.30. The Balaban J connectivity index is 1.71. The van der Waals surface area contributed by atoms with Gasteiger partial charge in [0.15, 0.2) is 0 Å². The van der Waals surface area contributed by atoms with Crippen LogP contribution in [-0.2, 0) is 17.8 Å². The SMILES string of the molecule is CNC(=O)c1ccc(CN(C)C(=O)Cc2c(C)nn(-c3ccc(Cl)cc3)c2C)cc1. The number of aromatic nitrogens is 2. The maximum absolute atomic E-state index is 12.8. The van der Waals surface area contributed by atoms with E-state index in [-0.39, 0.29) is 18.2 Å². The molecule has 3 rings (SSSR count). The average Bonchev–Trinajstić information content (AvgIpc) is 3.02. The Kier molecular flexibility index (Phi) is 6.57. The predicted molar refractivity (Wildman–Crippen MR) is 118 cm³/mol. The molecule has 2 amide bonds. The van der Waals surface area contributed by atoms with Crippen LogP contribution in [0, 0.1) is 13.8 Å². The Morgan fingerprint density at radius 2 is 1.70 bits per heavy atom. The van der Waals surface area contributed by atoms with E-state index in [0.717, 1.165) is 28.2 Å². The minimum Gasteiger partial charge on any atom is -0.355 e. The van der Waals surface area contributed by atoms with E-state index < -0.39 is 0 Å². The van der Waals surface area contributed by atoms with Crippen LogP contribution in [0.5, 0.6) is 0 Å². The Hall–Kier alpha value is -3.12. The molecule has 1 aromatic heterocycles. The van der Waals surface area contributed by atoms with Crippen LogP contribution < -0.4 is 5.32 Å². The molecule has 1 N–H and O–H groups in total. The molecule has 2 aromatic carbocycles. The van der Waals surface area contributed by atoms with Gasteiger partial charge in [0.1, 0.15) is 0 Å². The van der Waals surface area contributed by atoms with Gasteiger partial charge < -0.3 is 10.2 Å². The summed E-state index contributed by atoms with van der Waals surface area (Å²) >= 11 is 5.98. The molecule has 0 atom stereocenters. The van der Waals surface area contributed by atoms with E-state index in [1.54, 1.807) is 31.1 Å². The highest BCUT2D eigenvalue weighted by Crippen LogP contribution is 2.21. The quantitative estimate of drug-likeness (QED) is 0.656. The number of hydrogen-bond donors (Lipinski definition) is 1. The third kappa shape index (κ3) is 4.71. The summed E-state index contributed by atoms with van der Waals surface area (Å²) < 4.78 is 1.84. The smallest absolute Gasteiger partial charge is 0.251 e. The monoisotopic (exact) mass is 424 g/mol. The first-order valence-electron chi connectivity index (χ1n) is 9.66. The van der Waals surface area contributed by atoms with Gasteiger partial charge in [-0.15, -0.1) is 0 Å². The van der Waals surface area contributed by atoms with Gasteiger partial charge in [0.25, 0.3) is 5.91 Å². The minimum absolute atomic E-state index is 0.00670. The van der Waals surface area contributed by atoms with Crippen molar-refractivity contribution in [3.63, 3.8) is 0 Å². The van der Waals surface area contributed by atoms with Crippen molar-refractivity contribution in [2.24, 2.45) is 0 Å². The summed E-state index contributed by atoms with van der Waals surface area (Å²) in [5, 5.41) is 7.87. The predicted octanol–water partition coefficient (Wildman–Crippen LogP) is 3.70. The maximum atomic E-state index is 12.8. The second-order valence-corrected chi connectivity index (χ2v) is 7.68.